The van der Waals surface area contributed by atoms with E-state index in [1.165, 1.54) is 24.3 Å². The average molecular weight is 389 g/mol. The molecular formula is C20H24FN3O2S. The summed E-state index contributed by atoms with van der Waals surface area (Å²) < 4.78 is 13.1. The van der Waals surface area contributed by atoms with Crippen molar-refractivity contribution in [1.29, 1.82) is 0 Å². The molecule has 0 radical (unpaired) electrons. The van der Waals surface area contributed by atoms with E-state index in [0.29, 0.717) is 38.0 Å². The van der Waals surface area contributed by atoms with E-state index in [1.54, 1.807) is 11.3 Å². The number of hydrogen-bond acceptors (Lipinski definition) is 4. The number of carbonyl (C=O) groups excluding carboxylic acids is 2. The molecule has 144 valence electrons. The highest BCUT2D eigenvalue weighted by Gasteiger charge is 2.27. The second-order valence-electron chi connectivity index (χ2n) is 6.73. The molecule has 0 unspecified atom stereocenters. The molecular weight excluding hydrogens is 365 g/mol. The molecule has 1 aromatic carbocycles. The van der Waals surface area contributed by atoms with Gasteiger partial charge in [-0.05, 0) is 37.1 Å². The van der Waals surface area contributed by atoms with E-state index in [-0.39, 0.29) is 23.5 Å². The topological polar surface area (TPSA) is 62.3 Å². The minimum Gasteiger partial charge on any atom is -0.356 e. The number of carbonyl (C=O) groups is 2. The first kappa shape index (κ1) is 19.5. The zero-order valence-corrected chi connectivity index (χ0v) is 16.2. The molecule has 1 fully saturated rings. The first-order valence-corrected chi connectivity index (χ1v) is 10.2. The van der Waals surface area contributed by atoms with Crippen molar-refractivity contribution in [2.45, 2.75) is 38.5 Å². The van der Waals surface area contributed by atoms with Gasteiger partial charge in [0, 0.05) is 49.3 Å². The van der Waals surface area contributed by atoms with Gasteiger partial charge in [-0.15, -0.1) is 11.3 Å². The maximum absolute atomic E-state index is 13.1. The molecule has 0 bridgehead atoms. The predicted molar refractivity (Wildman–Crippen MR) is 103 cm³/mol. The van der Waals surface area contributed by atoms with Gasteiger partial charge in [-0.1, -0.05) is 6.92 Å². The van der Waals surface area contributed by atoms with Gasteiger partial charge in [0.15, 0.2) is 0 Å². The fraction of sp³-hybridized carbons (Fsp3) is 0.450. The van der Waals surface area contributed by atoms with Gasteiger partial charge < -0.3 is 10.2 Å². The van der Waals surface area contributed by atoms with Gasteiger partial charge in [0.2, 0.25) is 5.91 Å². The summed E-state index contributed by atoms with van der Waals surface area (Å²) >= 11 is 1.62. The normalized spacial score (nSPS) is 17.0. The number of aromatic nitrogens is 1. The Morgan fingerprint density at radius 2 is 2.11 bits per heavy atom. The van der Waals surface area contributed by atoms with Crippen molar-refractivity contribution >= 4 is 23.2 Å². The number of hydrogen-bond donors (Lipinski definition) is 1. The number of thiazole rings is 1. The van der Waals surface area contributed by atoms with Gasteiger partial charge in [0.05, 0.1) is 10.7 Å². The number of likely N-dealkylation sites (tertiary alicyclic amines) is 1. The summed E-state index contributed by atoms with van der Waals surface area (Å²) in [6.45, 7) is 3.78. The molecule has 1 aliphatic heterocycles. The van der Waals surface area contributed by atoms with Crippen LogP contribution in [-0.4, -0.2) is 41.3 Å². The van der Waals surface area contributed by atoms with Crippen LogP contribution in [0.1, 0.15) is 53.2 Å². The highest BCUT2D eigenvalue weighted by Crippen LogP contribution is 2.30. The summed E-state index contributed by atoms with van der Waals surface area (Å²) in [5.74, 6) is -0.118. The van der Waals surface area contributed by atoms with Crippen molar-refractivity contribution in [1.82, 2.24) is 15.2 Å². The molecule has 1 N–H and O–H groups in total. The molecule has 1 atom stereocenters. The third-order valence-electron chi connectivity index (χ3n) is 4.74. The number of nitrogens with one attached hydrogen (secondary N) is 1. The molecule has 1 saturated heterocycles. The van der Waals surface area contributed by atoms with Crippen molar-refractivity contribution in [3.05, 3.63) is 51.7 Å². The Labute approximate surface area is 162 Å². The molecule has 2 amide bonds. The van der Waals surface area contributed by atoms with Crippen LogP contribution < -0.4 is 5.32 Å². The van der Waals surface area contributed by atoms with Crippen LogP contribution in [0.3, 0.4) is 0 Å². The first-order valence-electron chi connectivity index (χ1n) is 9.32. The number of amides is 2. The van der Waals surface area contributed by atoms with Gasteiger partial charge in [-0.3, -0.25) is 9.59 Å². The number of halogens is 1. The fourth-order valence-electron chi connectivity index (χ4n) is 3.22. The smallest absolute Gasteiger partial charge is 0.253 e. The number of rotatable bonds is 6. The zero-order chi connectivity index (χ0) is 19.2. The van der Waals surface area contributed by atoms with Crippen LogP contribution in [0.5, 0.6) is 0 Å². The molecule has 0 saturated carbocycles. The summed E-state index contributed by atoms with van der Waals surface area (Å²) in [6.07, 6.45) is 3.14. The van der Waals surface area contributed by atoms with E-state index in [1.807, 2.05) is 17.2 Å². The Bertz CT molecular complexity index is 791. The first-order chi connectivity index (χ1) is 13.1. The lowest BCUT2D eigenvalue weighted by Gasteiger charge is -2.32. The summed E-state index contributed by atoms with van der Waals surface area (Å²) in [5, 5.41) is 5.94. The van der Waals surface area contributed by atoms with Gasteiger partial charge in [-0.25, -0.2) is 9.37 Å². The largest absolute Gasteiger partial charge is 0.356 e. The van der Waals surface area contributed by atoms with Crippen molar-refractivity contribution in [3.63, 3.8) is 0 Å². The fourth-order valence-corrected chi connectivity index (χ4v) is 4.20. The Morgan fingerprint density at radius 3 is 2.85 bits per heavy atom. The maximum atomic E-state index is 13.1. The van der Waals surface area contributed by atoms with Gasteiger partial charge in [0.25, 0.3) is 5.91 Å². The molecule has 2 heterocycles. The van der Waals surface area contributed by atoms with Crippen molar-refractivity contribution in [3.8, 4) is 0 Å². The minimum absolute atomic E-state index is 0.0488. The summed E-state index contributed by atoms with van der Waals surface area (Å²) in [4.78, 5) is 30.5. The Hall–Kier alpha value is -2.28. The third-order valence-corrected chi connectivity index (χ3v) is 5.80. The third kappa shape index (κ3) is 5.13. The Balaban J connectivity index is 1.58. The number of nitrogens with zero attached hydrogens (tertiary/aromatic N) is 2. The highest BCUT2D eigenvalue weighted by atomic mass is 32.1. The van der Waals surface area contributed by atoms with Crippen LogP contribution in [0.4, 0.5) is 4.39 Å². The van der Waals surface area contributed by atoms with E-state index < -0.39 is 0 Å². The summed E-state index contributed by atoms with van der Waals surface area (Å²) in [6, 6.07) is 5.71. The van der Waals surface area contributed by atoms with Gasteiger partial charge in [0.1, 0.15) is 5.82 Å². The Kier molecular flexibility index (Phi) is 6.55. The van der Waals surface area contributed by atoms with E-state index in [9.17, 15) is 14.0 Å². The lowest BCUT2D eigenvalue weighted by Crippen LogP contribution is -2.39. The molecule has 1 aliphatic rings. The van der Waals surface area contributed by atoms with Crippen molar-refractivity contribution in [2.75, 3.05) is 19.6 Å². The average Bonchev–Trinajstić information content (AvgIpc) is 3.17. The van der Waals surface area contributed by atoms with E-state index in [0.717, 1.165) is 23.5 Å². The molecule has 2 aromatic rings. The number of piperidine rings is 1. The van der Waals surface area contributed by atoms with Crippen LogP contribution in [0.25, 0.3) is 0 Å². The van der Waals surface area contributed by atoms with Crippen LogP contribution in [0.15, 0.2) is 29.6 Å². The Morgan fingerprint density at radius 1 is 1.33 bits per heavy atom. The van der Waals surface area contributed by atoms with E-state index in [4.69, 9.17) is 4.98 Å². The molecule has 3 rings (SSSR count). The van der Waals surface area contributed by atoms with Crippen LogP contribution in [0.2, 0.25) is 0 Å². The van der Waals surface area contributed by atoms with E-state index in [2.05, 4.69) is 5.32 Å². The molecule has 0 spiro atoms. The lowest BCUT2D eigenvalue weighted by molar-refractivity contribution is -0.120. The summed E-state index contributed by atoms with van der Waals surface area (Å²) in [7, 11) is 0. The van der Waals surface area contributed by atoms with Crippen LogP contribution in [-0.2, 0) is 11.2 Å². The standard InChI is InChI=1S/C20H24FN3O2S/c1-2-18(25)22-10-9-17-13-27-19(23-17)15-4-3-11-24(12-15)20(26)14-5-7-16(21)8-6-14/h5-8,13,15H,2-4,9-12H2,1H3,(H,22,25)/t15-/m0/s1. The highest BCUT2D eigenvalue weighted by molar-refractivity contribution is 7.09. The van der Waals surface area contributed by atoms with E-state index >= 15 is 0 Å². The quantitative estimate of drug-likeness (QED) is 0.824. The second-order valence-corrected chi connectivity index (χ2v) is 7.62. The van der Waals surface area contributed by atoms with Crippen LogP contribution in [0, 0.1) is 5.82 Å². The molecule has 1 aromatic heterocycles. The van der Waals surface area contributed by atoms with Gasteiger partial charge in [-0.2, -0.15) is 0 Å². The van der Waals surface area contributed by atoms with Gasteiger partial charge >= 0.3 is 0 Å². The van der Waals surface area contributed by atoms with Crippen molar-refractivity contribution in [2.24, 2.45) is 0 Å². The number of benzene rings is 1. The zero-order valence-electron chi connectivity index (χ0n) is 15.4. The molecule has 27 heavy (non-hydrogen) atoms. The van der Waals surface area contributed by atoms with Crippen LogP contribution >= 0.6 is 11.3 Å². The molecule has 7 heteroatoms. The molecule has 0 aliphatic carbocycles. The maximum Gasteiger partial charge on any atom is 0.253 e. The second kappa shape index (κ2) is 9.08. The SMILES string of the molecule is CCC(=O)NCCc1csc([C@H]2CCCN(C(=O)c3ccc(F)cc3)C2)n1. The molecule has 5 nitrogen and oxygen atoms in total. The summed E-state index contributed by atoms with van der Waals surface area (Å²) in [5.41, 5.74) is 1.50. The minimum atomic E-state index is -0.339. The van der Waals surface area contributed by atoms with Crippen molar-refractivity contribution < 1.29 is 14.0 Å². The predicted octanol–water partition coefficient (Wildman–Crippen LogP) is 3.37. The monoisotopic (exact) mass is 389 g/mol. The lowest BCUT2D eigenvalue weighted by atomic mass is 9.98.